The van der Waals surface area contributed by atoms with Crippen LogP contribution in [0.1, 0.15) is 38.3 Å². The van der Waals surface area contributed by atoms with Crippen molar-refractivity contribution in [3.8, 4) is 0 Å². The maximum atomic E-state index is 5.90. The molecule has 4 nitrogen and oxygen atoms in total. The SMILES string of the molecule is CCNC(Cc1ccn(C)n1)C1(OC)CCCC1. The average molecular weight is 251 g/mol. The molecule has 1 aliphatic rings. The van der Waals surface area contributed by atoms with Crippen molar-refractivity contribution >= 4 is 0 Å². The fourth-order valence-corrected chi connectivity index (χ4v) is 3.14. The molecule has 0 saturated heterocycles. The number of nitrogens with zero attached hydrogens (tertiary/aromatic N) is 2. The highest BCUT2D eigenvalue weighted by molar-refractivity contribution is 5.07. The lowest BCUT2D eigenvalue weighted by atomic mass is 9.88. The van der Waals surface area contributed by atoms with Crippen molar-refractivity contribution in [3.63, 3.8) is 0 Å². The first-order valence-corrected chi connectivity index (χ1v) is 6.97. The van der Waals surface area contributed by atoms with Gasteiger partial charge >= 0.3 is 0 Å². The summed E-state index contributed by atoms with van der Waals surface area (Å²) in [5.74, 6) is 0. The van der Waals surface area contributed by atoms with Crippen LogP contribution in [0.4, 0.5) is 0 Å². The Hall–Kier alpha value is -0.870. The Morgan fingerprint density at radius 2 is 2.22 bits per heavy atom. The van der Waals surface area contributed by atoms with Crippen molar-refractivity contribution in [2.75, 3.05) is 13.7 Å². The molecule has 1 unspecified atom stereocenters. The van der Waals surface area contributed by atoms with Crippen LogP contribution in [0.15, 0.2) is 12.3 Å². The molecule has 1 saturated carbocycles. The second-order valence-corrected chi connectivity index (χ2v) is 5.27. The van der Waals surface area contributed by atoms with Gasteiger partial charge in [0.25, 0.3) is 0 Å². The highest BCUT2D eigenvalue weighted by atomic mass is 16.5. The van der Waals surface area contributed by atoms with Gasteiger partial charge in [-0.05, 0) is 25.5 Å². The lowest BCUT2D eigenvalue weighted by molar-refractivity contribution is -0.0353. The van der Waals surface area contributed by atoms with Crippen LogP contribution in [0, 0.1) is 0 Å². The van der Waals surface area contributed by atoms with Crippen LogP contribution in [0.25, 0.3) is 0 Å². The number of hydrogen-bond acceptors (Lipinski definition) is 3. The van der Waals surface area contributed by atoms with Gasteiger partial charge in [-0.25, -0.2) is 0 Å². The van der Waals surface area contributed by atoms with Gasteiger partial charge in [-0.3, -0.25) is 4.68 Å². The summed E-state index contributed by atoms with van der Waals surface area (Å²) in [6, 6.07) is 2.47. The quantitative estimate of drug-likeness (QED) is 0.839. The fraction of sp³-hybridized carbons (Fsp3) is 0.786. The smallest absolute Gasteiger partial charge is 0.0834 e. The van der Waals surface area contributed by atoms with Crippen LogP contribution in [-0.4, -0.2) is 35.1 Å². The summed E-state index contributed by atoms with van der Waals surface area (Å²) in [6.45, 7) is 3.13. The molecule has 1 aliphatic carbocycles. The molecule has 0 aromatic carbocycles. The molecule has 1 N–H and O–H groups in total. The van der Waals surface area contributed by atoms with E-state index in [9.17, 15) is 0 Å². The van der Waals surface area contributed by atoms with E-state index >= 15 is 0 Å². The topological polar surface area (TPSA) is 39.1 Å². The van der Waals surface area contributed by atoms with Crippen LogP contribution < -0.4 is 5.32 Å². The number of nitrogens with one attached hydrogen (secondary N) is 1. The summed E-state index contributed by atoms with van der Waals surface area (Å²) in [5.41, 5.74) is 1.15. The molecule has 0 bridgehead atoms. The van der Waals surface area contributed by atoms with Crippen LogP contribution in [0.3, 0.4) is 0 Å². The predicted octanol–water partition coefficient (Wildman–Crippen LogP) is 1.90. The molecular formula is C14H25N3O. The highest BCUT2D eigenvalue weighted by Crippen LogP contribution is 2.36. The molecule has 1 atom stereocenters. The predicted molar refractivity (Wildman–Crippen MR) is 72.6 cm³/mol. The average Bonchev–Trinajstić information content (AvgIpc) is 2.98. The normalized spacial score (nSPS) is 20.2. The van der Waals surface area contributed by atoms with E-state index in [2.05, 4.69) is 23.4 Å². The first-order valence-electron chi connectivity index (χ1n) is 6.97. The Balaban J connectivity index is 2.11. The second kappa shape index (κ2) is 5.85. The number of ether oxygens (including phenoxy) is 1. The van der Waals surface area contributed by atoms with Crippen LogP contribution in [0.2, 0.25) is 0 Å². The van der Waals surface area contributed by atoms with E-state index < -0.39 is 0 Å². The summed E-state index contributed by atoms with van der Waals surface area (Å²) in [7, 11) is 3.82. The van der Waals surface area contributed by atoms with Gasteiger partial charge in [0.05, 0.1) is 11.3 Å². The Kier molecular flexibility index (Phi) is 4.40. The Labute approximate surface area is 110 Å². The fourth-order valence-electron chi connectivity index (χ4n) is 3.14. The van der Waals surface area contributed by atoms with Crippen molar-refractivity contribution in [2.45, 2.75) is 50.7 Å². The van der Waals surface area contributed by atoms with Crippen molar-refractivity contribution in [1.82, 2.24) is 15.1 Å². The number of aromatic nitrogens is 2. The lowest BCUT2D eigenvalue weighted by Gasteiger charge is -2.36. The summed E-state index contributed by atoms with van der Waals surface area (Å²) >= 11 is 0. The van der Waals surface area contributed by atoms with Gasteiger partial charge < -0.3 is 10.1 Å². The molecule has 1 fully saturated rings. The molecule has 18 heavy (non-hydrogen) atoms. The van der Waals surface area contributed by atoms with Crippen molar-refractivity contribution in [1.29, 1.82) is 0 Å². The minimum atomic E-state index is 0.00747. The number of methoxy groups -OCH3 is 1. The van der Waals surface area contributed by atoms with Gasteiger partial charge in [0.1, 0.15) is 0 Å². The highest BCUT2D eigenvalue weighted by Gasteiger charge is 2.41. The van der Waals surface area contributed by atoms with Gasteiger partial charge in [0.2, 0.25) is 0 Å². The lowest BCUT2D eigenvalue weighted by Crippen LogP contribution is -2.51. The van der Waals surface area contributed by atoms with Gasteiger partial charge in [-0.15, -0.1) is 0 Å². The van der Waals surface area contributed by atoms with E-state index in [1.54, 1.807) is 0 Å². The zero-order chi connectivity index (χ0) is 13.0. The Bertz CT molecular complexity index is 369. The van der Waals surface area contributed by atoms with Crippen LogP contribution >= 0.6 is 0 Å². The Morgan fingerprint density at radius 1 is 1.50 bits per heavy atom. The number of rotatable bonds is 6. The first kappa shape index (κ1) is 13.6. The molecule has 0 radical (unpaired) electrons. The zero-order valence-corrected chi connectivity index (χ0v) is 11.8. The summed E-state index contributed by atoms with van der Waals surface area (Å²) in [4.78, 5) is 0. The summed E-state index contributed by atoms with van der Waals surface area (Å²) < 4.78 is 7.76. The molecule has 2 rings (SSSR count). The molecule has 0 aliphatic heterocycles. The molecule has 0 amide bonds. The number of hydrogen-bond donors (Lipinski definition) is 1. The maximum Gasteiger partial charge on any atom is 0.0834 e. The minimum Gasteiger partial charge on any atom is -0.377 e. The number of likely N-dealkylation sites (N-methyl/N-ethyl adjacent to an activating group) is 1. The molecule has 1 heterocycles. The van der Waals surface area contributed by atoms with Gasteiger partial charge in [-0.2, -0.15) is 5.10 Å². The largest absolute Gasteiger partial charge is 0.377 e. The third-order valence-electron chi connectivity index (χ3n) is 4.12. The van der Waals surface area contributed by atoms with Gasteiger partial charge in [-0.1, -0.05) is 19.8 Å². The summed E-state index contributed by atoms with van der Waals surface area (Å²) in [6.07, 6.45) is 7.83. The van der Waals surface area contributed by atoms with Crippen molar-refractivity contribution in [2.24, 2.45) is 7.05 Å². The maximum absolute atomic E-state index is 5.90. The zero-order valence-electron chi connectivity index (χ0n) is 11.8. The third kappa shape index (κ3) is 2.75. The van der Waals surface area contributed by atoms with E-state index in [1.165, 1.54) is 12.8 Å². The third-order valence-corrected chi connectivity index (χ3v) is 4.12. The van der Waals surface area contributed by atoms with Crippen LogP contribution in [0.5, 0.6) is 0 Å². The molecule has 4 heteroatoms. The molecular weight excluding hydrogens is 226 g/mol. The van der Waals surface area contributed by atoms with Gasteiger partial charge in [0, 0.05) is 32.8 Å². The monoisotopic (exact) mass is 251 g/mol. The second-order valence-electron chi connectivity index (χ2n) is 5.27. The van der Waals surface area contributed by atoms with E-state index in [1.807, 2.05) is 25.0 Å². The standard InChI is InChI=1S/C14H25N3O/c1-4-15-13(11-12-7-10-17(2)16-12)14(18-3)8-5-6-9-14/h7,10,13,15H,4-6,8-9,11H2,1-3H3. The minimum absolute atomic E-state index is 0.00747. The first-order chi connectivity index (χ1) is 8.70. The van der Waals surface area contributed by atoms with Crippen LogP contribution in [-0.2, 0) is 18.2 Å². The van der Waals surface area contributed by atoms with E-state index in [4.69, 9.17) is 4.74 Å². The van der Waals surface area contributed by atoms with E-state index in [-0.39, 0.29) is 5.60 Å². The van der Waals surface area contributed by atoms with Crippen molar-refractivity contribution < 1.29 is 4.74 Å². The Morgan fingerprint density at radius 3 is 2.72 bits per heavy atom. The number of aryl methyl sites for hydroxylation is 1. The summed E-state index contributed by atoms with van der Waals surface area (Å²) in [5, 5.41) is 8.09. The molecule has 0 spiro atoms. The molecule has 102 valence electrons. The van der Waals surface area contributed by atoms with Crippen molar-refractivity contribution in [3.05, 3.63) is 18.0 Å². The van der Waals surface area contributed by atoms with Gasteiger partial charge in [0.15, 0.2) is 0 Å². The van der Waals surface area contributed by atoms with E-state index in [0.717, 1.165) is 31.5 Å². The molecule has 1 aromatic rings. The molecule has 1 aromatic heterocycles. The van der Waals surface area contributed by atoms with E-state index in [0.29, 0.717) is 6.04 Å².